The van der Waals surface area contributed by atoms with Crippen LogP contribution in [0, 0.1) is 0 Å². The number of carbonyl (C=O) groups excluding carboxylic acids is 1. The van der Waals surface area contributed by atoms with Crippen LogP contribution in [0.2, 0.25) is 5.02 Å². The molecule has 1 amide bonds. The van der Waals surface area contributed by atoms with E-state index in [1.807, 2.05) is 4.72 Å². The Bertz CT molecular complexity index is 1160. The molecule has 0 unspecified atom stereocenters. The number of hydrogen-bond acceptors (Lipinski definition) is 7. The number of amides is 1. The Kier molecular flexibility index (Phi) is 5.17. The molecule has 0 radical (unpaired) electrons. The van der Waals surface area contributed by atoms with Crippen LogP contribution in [0.25, 0.3) is 0 Å². The van der Waals surface area contributed by atoms with Crippen LogP contribution in [0.15, 0.2) is 36.4 Å². The summed E-state index contributed by atoms with van der Waals surface area (Å²) < 4.78 is 54.3. The number of aromatic hydroxyl groups is 1. The standard InChI is InChI=1S/C16H15ClN2O7S2/c1-27(22,23)26-16-11(3-2-4-12(16)17)7-10-5-6-13(14(20)8-10)19-9-15(21)18-28(19,24)25/h2-6,8,20H,7,9H2,1H3,(H,18,21). The zero-order chi connectivity index (χ0) is 20.7. The van der Waals surface area contributed by atoms with Crippen molar-refractivity contribution < 1.29 is 30.9 Å². The second-order valence-electron chi connectivity index (χ2n) is 6.05. The zero-order valence-corrected chi connectivity index (χ0v) is 16.8. The van der Waals surface area contributed by atoms with Gasteiger partial charge < -0.3 is 9.29 Å². The lowest BCUT2D eigenvalue weighted by atomic mass is 10.0. The predicted molar refractivity (Wildman–Crippen MR) is 102 cm³/mol. The highest BCUT2D eigenvalue weighted by Gasteiger charge is 2.35. The largest absolute Gasteiger partial charge is 0.506 e. The van der Waals surface area contributed by atoms with E-state index < -0.39 is 32.8 Å². The molecule has 0 bridgehead atoms. The Morgan fingerprint density at radius 1 is 1.29 bits per heavy atom. The third-order valence-electron chi connectivity index (χ3n) is 3.81. The molecule has 28 heavy (non-hydrogen) atoms. The van der Waals surface area contributed by atoms with Crippen LogP contribution in [0.4, 0.5) is 5.69 Å². The smallest absolute Gasteiger partial charge is 0.326 e. The molecule has 9 nitrogen and oxygen atoms in total. The summed E-state index contributed by atoms with van der Waals surface area (Å²) in [4.78, 5) is 11.4. The summed E-state index contributed by atoms with van der Waals surface area (Å²) in [7, 11) is -7.85. The van der Waals surface area contributed by atoms with Crippen molar-refractivity contribution >= 4 is 43.5 Å². The normalized spacial score (nSPS) is 16.1. The quantitative estimate of drug-likeness (QED) is 0.659. The summed E-state index contributed by atoms with van der Waals surface area (Å²) in [6.45, 7) is -0.435. The minimum absolute atomic E-state index is 0.0212. The number of hydrogen-bond donors (Lipinski definition) is 2. The van der Waals surface area contributed by atoms with Gasteiger partial charge in [-0.05, 0) is 23.8 Å². The van der Waals surface area contributed by atoms with Gasteiger partial charge in [0, 0.05) is 12.0 Å². The topological polar surface area (TPSA) is 130 Å². The van der Waals surface area contributed by atoms with Gasteiger partial charge in [-0.2, -0.15) is 16.8 Å². The van der Waals surface area contributed by atoms with Crippen LogP contribution >= 0.6 is 11.6 Å². The minimum Gasteiger partial charge on any atom is -0.506 e. The molecule has 1 fully saturated rings. The number of phenols is 1. The maximum absolute atomic E-state index is 11.9. The Morgan fingerprint density at radius 3 is 2.57 bits per heavy atom. The van der Waals surface area contributed by atoms with E-state index in [2.05, 4.69) is 0 Å². The molecular formula is C16H15ClN2O7S2. The van der Waals surface area contributed by atoms with Gasteiger partial charge in [-0.3, -0.25) is 4.79 Å². The van der Waals surface area contributed by atoms with Gasteiger partial charge in [0.15, 0.2) is 5.75 Å². The van der Waals surface area contributed by atoms with Gasteiger partial charge in [-0.1, -0.05) is 29.8 Å². The Morgan fingerprint density at radius 2 is 2.00 bits per heavy atom. The minimum atomic E-state index is -4.05. The van der Waals surface area contributed by atoms with E-state index >= 15 is 0 Å². The lowest BCUT2D eigenvalue weighted by molar-refractivity contribution is -0.117. The fourth-order valence-electron chi connectivity index (χ4n) is 2.71. The molecule has 2 N–H and O–H groups in total. The molecule has 0 spiro atoms. The van der Waals surface area contributed by atoms with E-state index in [4.69, 9.17) is 15.8 Å². The van der Waals surface area contributed by atoms with Crippen LogP contribution in [0.5, 0.6) is 11.5 Å². The molecule has 1 heterocycles. The van der Waals surface area contributed by atoms with E-state index in [1.54, 1.807) is 18.2 Å². The van der Waals surface area contributed by atoms with Gasteiger partial charge in [-0.15, -0.1) is 0 Å². The highest BCUT2D eigenvalue weighted by molar-refractivity contribution is 7.92. The van der Waals surface area contributed by atoms with Gasteiger partial charge in [0.2, 0.25) is 0 Å². The van der Waals surface area contributed by atoms with E-state index in [-0.39, 0.29) is 28.6 Å². The second-order valence-corrected chi connectivity index (χ2v) is 9.63. The molecule has 0 aliphatic carbocycles. The van der Waals surface area contributed by atoms with Crippen LogP contribution in [0.3, 0.4) is 0 Å². The van der Waals surface area contributed by atoms with E-state index in [1.165, 1.54) is 18.2 Å². The molecule has 1 aliphatic heterocycles. The first kappa shape index (κ1) is 20.2. The number of nitrogens with zero attached hydrogens (tertiary/aromatic N) is 1. The second kappa shape index (κ2) is 7.15. The third kappa shape index (κ3) is 4.32. The van der Waals surface area contributed by atoms with Gasteiger partial charge in [0.25, 0.3) is 5.91 Å². The monoisotopic (exact) mass is 446 g/mol. The molecule has 2 aromatic carbocycles. The number of carbonyl (C=O) groups is 1. The molecule has 0 saturated carbocycles. The van der Waals surface area contributed by atoms with Gasteiger partial charge in [-0.25, -0.2) is 9.03 Å². The number of benzene rings is 2. The first-order chi connectivity index (χ1) is 13.0. The summed E-state index contributed by atoms with van der Waals surface area (Å²) in [5, 5.41) is 10.4. The van der Waals surface area contributed by atoms with Crippen molar-refractivity contribution in [1.82, 2.24) is 4.72 Å². The van der Waals surface area contributed by atoms with Crippen LogP contribution in [-0.2, 0) is 31.5 Å². The summed E-state index contributed by atoms with van der Waals surface area (Å²) in [6, 6.07) is 8.93. The molecule has 1 aliphatic rings. The number of rotatable bonds is 5. The van der Waals surface area contributed by atoms with Crippen molar-refractivity contribution in [2.45, 2.75) is 6.42 Å². The van der Waals surface area contributed by atoms with Crippen LogP contribution in [0.1, 0.15) is 11.1 Å². The average molecular weight is 447 g/mol. The molecular weight excluding hydrogens is 432 g/mol. The van der Waals surface area contributed by atoms with E-state index in [0.717, 1.165) is 10.6 Å². The zero-order valence-electron chi connectivity index (χ0n) is 14.4. The number of para-hydroxylation sites is 1. The van der Waals surface area contributed by atoms with Gasteiger partial charge in [0.05, 0.1) is 17.0 Å². The van der Waals surface area contributed by atoms with Crippen molar-refractivity contribution in [1.29, 1.82) is 0 Å². The van der Waals surface area contributed by atoms with Crippen LogP contribution in [-0.4, -0.2) is 40.6 Å². The number of halogens is 1. The van der Waals surface area contributed by atoms with Crippen molar-refractivity contribution in [2.75, 3.05) is 17.1 Å². The predicted octanol–water partition coefficient (Wildman–Crippen LogP) is 1.16. The summed E-state index contributed by atoms with van der Waals surface area (Å²) in [6.07, 6.45) is 1.05. The molecule has 2 aromatic rings. The fourth-order valence-corrected chi connectivity index (χ4v) is 4.65. The van der Waals surface area contributed by atoms with Crippen molar-refractivity contribution in [3.05, 3.63) is 52.5 Å². The summed E-state index contributed by atoms with van der Waals surface area (Å²) in [5.74, 6) is -1.08. The Balaban J connectivity index is 1.93. The maximum Gasteiger partial charge on any atom is 0.326 e. The van der Waals surface area contributed by atoms with E-state index in [9.17, 15) is 26.7 Å². The van der Waals surface area contributed by atoms with Crippen LogP contribution < -0.4 is 13.2 Å². The number of nitrogens with one attached hydrogen (secondary N) is 1. The SMILES string of the molecule is CS(=O)(=O)Oc1c(Cl)cccc1Cc1ccc(N2CC(=O)NS2(=O)=O)c(O)c1. The molecule has 150 valence electrons. The average Bonchev–Trinajstić information content (AvgIpc) is 2.82. The summed E-state index contributed by atoms with van der Waals surface area (Å²) >= 11 is 6.04. The lowest BCUT2D eigenvalue weighted by Gasteiger charge is -2.17. The molecule has 1 saturated heterocycles. The highest BCUT2D eigenvalue weighted by Crippen LogP contribution is 2.35. The maximum atomic E-state index is 11.9. The molecule has 0 aromatic heterocycles. The third-order valence-corrected chi connectivity index (χ3v) is 5.97. The van der Waals surface area contributed by atoms with Crippen molar-refractivity contribution in [3.63, 3.8) is 0 Å². The van der Waals surface area contributed by atoms with Gasteiger partial charge in [0.1, 0.15) is 12.3 Å². The lowest BCUT2D eigenvalue weighted by Crippen LogP contribution is -2.29. The summed E-state index contributed by atoms with van der Waals surface area (Å²) in [5.41, 5.74) is 0.939. The fraction of sp³-hybridized carbons (Fsp3) is 0.188. The Hall–Kier alpha value is -2.50. The molecule has 3 rings (SSSR count). The Labute approximate surface area is 166 Å². The van der Waals surface area contributed by atoms with Crippen molar-refractivity contribution in [3.8, 4) is 11.5 Å². The van der Waals surface area contributed by atoms with E-state index in [0.29, 0.717) is 11.1 Å². The number of phenolic OH excluding ortho intramolecular Hbond substituents is 1. The first-order valence-electron chi connectivity index (χ1n) is 7.78. The molecule has 0 atom stereocenters. The number of anilines is 1. The highest BCUT2D eigenvalue weighted by atomic mass is 35.5. The first-order valence-corrected chi connectivity index (χ1v) is 11.4. The van der Waals surface area contributed by atoms with Crippen molar-refractivity contribution in [2.24, 2.45) is 0 Å². The molecule has 12 heteroatoms. The van der Waals surface area contributed by atoms with Gasteiger partial charge >= 0.3 is 20.3 Å².